The molecule has 1 fully saturated rings. The maximum Gasteiger partial charge on any atom is 0.0455 e. The van der Waals surface area contributed by atoms with Crippen LogP contribution in [0.15, 0.2) is 54.6 Å². The first kappa shape index (κ1) is 17.0. The van der Waals surface area contributed by atoms with Crippen LogP contribution in [0.5, 0.6) is 0 Å². The second kappa shape index (κ2) is 7.40. The Bertz CT molecular complexity index is 643. The van der Waals surface area contributed by atoms with E-state index in [-0.39, 0.29) is 0 Å². The molecule has 2 nitrogen and oxygen atoms in total. The van der Waals surface area contributed by atoms with Gasteiger partial charge < -0.3 is 10.2 Å². The van der Waals surface area contributed by atoms with Crippen LogP contribution < -0.4 is 10.2 Å². The highest BCUT2D eigenvalue weighted by Gasteiger charge is 2.23. The summed E-state index contributed by atoms with van der Waals surface area (Å²) in [6.45, 7) is 10.1. The average molecular weight is 322 g/mol. The molecule has 2 heteroatoms. The Kier molecular flexibility index (Phi) is 5.25. The van der Waals surface area contributed by atoms with E-state index in [1.165, 1.54) is 16.8 Å². The quantitative estimate of drug-likeness (QED) is 0.903. The summed E-state index contributed by atoms with van der Waals surface area (Å²) in [5.41, 5.74) is 4.56. The zero-order chi connectivity index (χ0) is 17.0. The highest BCUT2D eigenvalue weighted by Crippen LogP contribution is 2.26. The van der Waals surface area contributed by atoms with Gasteiger partial charge in [-0.2, -0.15) is 0 Å². The number of hydrogen-bond acceptors (Lipinski definition) is 2. The zero-order valence-corrected chi connectivity index (χ0v) is 15.3. The minimum Gasteiger partial charge on any atom is -0.366 e. The fourth-order valence-corrected chi connectivity index (χ4v) is 3.63. The van der Waals surface area contributed by atoms with E-state index in [1.807, 2.05) is 0 Å². The van der Waals surface area contributed by atoms with Crippen molar-refractivity contribution >= 4 is 5.69 Å². The zero-order valence-electron chi connectivity index (χ0n) is 15.3. The molecule has 1 unspecified atom stereocenters. The number of nitrogens with zero attached hydrogens (tertiary/aromatic N) is 1. The predicted molar refractivity (Wildman–Crippen MR) is 104 cm³/mol. The van der Waals surface area contributed by atoms with Gasteiger partial charge in [-0.25, -0.2) is 0 Å². The van der Waals surface area contributed by atoms with Gasteiger partial charge in [0.15, 0.2) is 0 Å². The SMILES string of the molecule is CC(C)(C)Cc1cccc(N2CCNCC2Cc2ccccc2)c1. The molecule has 2 aromatic rings. The molecule has 128 valence electrons. The Hall–Kier alpha value is -1.80. The van der Waals surface area contributed by atoms with Crippen LogP contribution >= 0.6 is 0 Å². The van der Waals surface area contributed by atoms with E-state index >= 15 is 0 Å². The molecule has 0 amide bonds. The van der Waals surface area contributed by atoms with E-state index in [1.54, 1.807) is 0 Å². The monoisotopic (exact) mass is 322 g/mol. The molecule has 0 spiro atoms. The molecule has 0 bridgehead atoms. The van der Waals surface area contributed by atoms with Crippen molar-refractivity contribution in [1.82, 2.24) is 5.32 Å². The van der Waals surface area contributed by atoms with Gasteiger partial charge in [0.1, 0.15) is 0 Å². The largest absolute Gasteiger partial charge is 0.366 e. The molecule has 0 aromatic heterocycles. The van der Waals surface area contributed by atoms with Crippen molar-refractivity contribution in [1.29, 1.82) is 0 Å². The van der Waals surface area contributed by atoms with Crippen LogP contribution in [0.3, 0.4) is 0 Å². The van der Waals surface area contributed by atoms with Crippen LogP contribution in [0.4, 0.5) is 5.69 Å². The summed E-state index contributed by atoms with van der Waals surface area (Å²) in [5.74, 6) is 0. The lowest BCUT2D eigenvalue weighted by Gasteiger charge is -2.38. The smallest absolute Gasteiger partial charge is 0.0455 e. The standard InChI is InChI=1S/C22H30N2/c1-22(2,3)16-19-10-7-11-20(15-19)24-13-12-23-17-21(24)14-18-8-5-4-6-9-18/h4-11,15,21,23H,12-14,16-17H2,1-3H3. The molecular formula is C22H30N2. The molecule has 1 atom stereocenters. The Labute approximate surface area is 146 Å². The first-order chi connectivity index (χ1) is 11.5. The summed E-state index contributed by atoms with van der Waals surface area (Å²) < 4.78 is 0. The molecule has 24 heavy (non-hydrogen) atoms. The van der Waals surface area contributed by atoms with Crippen molar-refractivity contribution in [2.75, 3.05) is 24.5 Å². The van der Waals surface area contributed by atoms with Gasteiger partial charge in [-0.15, -0.1) is 0 Å². The van der Waals surface area contributed by atoms with Gasteiger partial charge in [-0.1, -0.05) is 63.2 Å². The van der Waals surface area contributed by atoms with Gasteiger partial charge in [-0.3, -0.25) is 0 Å². The molecular weight excluding hydrogens is 292 g/mol. The second-order valence-electron chi connectivity index (χ2n) is 8.15. The summed E-state index contributed by atoms with van der Waals surface area (Å²) >= 11 is 0. The van der Waals surface area contributed by atoms with Gasteiger partial charge >= 0.3 is 0 Å². The summed E-state index contributed by atoms with van der Waals surface area (Å²) in [6, 6.07) is 20.5. The molecule has 1 N–H and O–H groups in total. The fraction of sp³-hybridized carbons (Fsp3) is 0.455. The lowest BCUT2D eigenvalue weighted by Crippen LogP contribution is -2.52. The van der Waals surface area contributed by atoms with Gasteiger partial charge in [0.2, 0.25) is 0 Å². The molecule has 1 aliphatic heterocycles. The summed E-state index contributed by atoms with van der Waals surface area (Å²) in [5, 5.41) is 3.57. The summed E-state index contributed by atoms with van der Waals surface area (Å²) in [6.07, 6.45) is 2.22. The highest BCUT2D eigenvalue weighted by molar-refractivity contribution is 5.50. The molecule has 2 aromatic carbocycles. The Morgan fingerprint density at radius 3 is 2.50 bits per heavy atom. The number of anilines is 1. The van der Waals surface area contributed by atoms with Crippen LogP contribution in [0.25, 0.3) is 0 Å². The number of nitrogens with one attached hydrogen (secondary N) is 1. The Balaban J connectivity index is 1.79. The van der Waals surface area contributed by atoms with E-state index in [4.69, 9.17) is 0 Å². The maximum atomic E-state index is 3.57. The van der Waals surface area contributed by atoms with Crippen LogP contribution in [0.1, 0.15) is 31.9 Å². The lowest BCUT2D eigenvalue weighted by molar-refractivity contribution is 0.411. The van der Waals surface area contributed by atoms with Crippen molar-refractivity contribution in [2.45, 2.75) is 39.7 Å². The summed E-state index contributed by atoms with van der Waals surface area (Å²) in [7, 11) is 0. The molecule has 1 aliphatic rings. The van der Waals surface area contributed by atoms with Crippen molar-refractivity contribution < 1.29 is 0 Å². The topological polar surface area (TPSA) is 15.3 Å². The first-order valence-corrected chi connectivity index (χ1v) is 9.11. The third kappa shape index (κ3) is 4.61. The van der Waals surface area contributed by atoms with Gasteiger partial charge in [-0.05, 0) is 41.5 Å². The van der Waals surface area contributed by atoms with Crippen LogP contribution in [-0.4, -0.2) is 25.7 Å². The molecule has 1 saturated heterocycles. The minimum absolute atomic E-state index is 0.325. The van der Waals surface area contributed by atoms with Crippen LogP contribution in [0.2, 0.25) is 0 Å². The Morgan fingerprint density at radius 2 is 1.75 bits per heavy atom. The van der Waals surface area contributed by atoms with Crippen molar-refractivity contribution in [3.8, 4) is 0 Å². The van der Waals surface area contributed by atoms with Crippen molar-refractivity contribution in [3.05, 3.63) is 65.7 Å². The molecule has 3 rings (SSSR count). The number of piperazine rings is 1. The van der Waals surface area contributed by atoms with E-state index in [9.17, 15) is 0 Å². The molecule has 0 saturated carbocycles. The number of hydrogen-bond donors (Lipinski definition) is 1. The lowest BCUT2D eigenvalue weighted by atomic mass is 9.88. The van der Waals surface area contributed by atoms with Crippen LogP contribution in [0, 0.1) is 5.41 Å². The molecule has 0 aliphatic carbocycles. The molecule has 0 radical (unpaired) electrons. The number of rotatable bonds is 4. The predicted octanol–water partition coefficient (Wildman–Crippen LogP) is 4.30. The van der Waals surface area contributed by atoms with Gasteiger partial charge in [0, 0.05) is 31.4 Å². The van der Waals surface area contributed by atoms with Crippen LogP contribution in [-0.2, 0) is 12.8 Å². The third-order valence-electron chi connectivity index (χ3n) is 4.64. The third-order valence-corrected chi connectivity index (χ3v) is 4.64. The number of benzene rings is 2. The van der Waals surface area contributed by atoms with E-state index in [0.717, 1.165) is 32.5 Å². The fourth-order valence-electron chi connectivity index (χ4n) is 3.63. The first-order valence-electron chi connectivity index (χ1n) is 9.11. The normalized spacial score (nSPS) is 18.6. The summed E-state index contributed by atoms with van der Waals surface area (Å²) in [4.78, 5) is 2.59. The highest BCUT2D eigenvalue weighted by atomic mass is 15.2. The van der Waals surface area contributed by atoms with Crippen molar-refractivity contribution in [2.24, 2.45) is 5.41 Å². The Morgan fingerprint density at radius 1 is 1.00 bits per heavy atom. The second-order valence-corrected chi connectivity index (χ2v) is 8.15. The minimum atomic E-state index is 0.325. The average Bonchev–Trinajstić information content (AvgIpc) is 2.55. The van der Waals surface area contributed by atoms with E-state index < -0.39 is 0 Å². The van der Waals surface area contributed by atoms with E-state index in [0.29, 0.717) is 11.5 Å². The molecule has 1 heterocycles. The maximum absolute atomic E-state index is 3.57. The van der Waals surface area contributed by atoms with Gasteiger partial charge in [0.05, 0.1) is 0 Å². The van der Waals surface area contributed by atoms with Crippen molar-refractivity contribution in [3.63, 3.8) is 0 Å². The van der Waals surface area contributed by atoms with Gasteiger partial charge in [0.25, 0.3) is 0 Å². The van der Waals surface area contributed by atoms with E-state index in [2.05, 4.69) is 85.6 Å².